The molecule has 0 fully saturated rings. The van der Waals surface area contributed by atoms with Crippen molar-refractivity contribution >= 4 is 16.8 Å². The molecule has 2 heterocycles. The number of aromatic hydroxyl groups is 1. The maximum atomic E-state index is 13.5. The lowest BCUT2D eigenvalue weighted by molar-refractivity contribution is 0.101. The van der Waals surface area contributed by atoms with Crippen molar-refractivity contribution in [3.8, 4) is 23.4 Å². The number of carbonyl (C=O) groups is 1. The Hall–Kier alpha value is -4.51. The highest BCUT2D eigenvalue weighted by molar-refractivity contribution is 6.12. The molecule has 0 radical (unpaired) electrons. The molecule has 0 aliphatic heterocycles. The van der Waals surface area contributed by atoms with Crippen LogP contribution in [0.4, 0.5) is 0 Å². The van der Waals surface area contributed by atoms with Crippen molar-refractivity contribution in [3.63, 3.8) is 0 Å². The summed E-state index contributed by atoms with van der Waals surface area (Å²) >= 11 is 0. The van der Waals surface area contributed by atoms with Crippen molar-refractivity contribution in [1.29, 1.82) is 5.26 Å². The number of pyridine rings is 1. The van der Waals surface area contributed by atoms with Crippen molar-refractivity contribution in [2.24, 2.45) is 0 Å². The van der Waals surface area contributed by atoms with Crippen LogP contribution in [0, 0.1) is 25.2 Å². The number of fused-ring (bicyclic) bond motifs is 1. The molecular weight excluding hydrogens is 448 g/mol. The van der Waals surface area contributed by atoms with Gasteiger partial charge in [-0.2, -0.15) is 5.26 Å². The van der Waals surface area contributed by atoms with E-state index in [0.717, 1.165) is 15.5 Å². The zero-order valence-electron chi connectivity index (χ0n) is 19.8. The van der Waals surface area contributed by atoms with Crippen molar-refractivity contribution in [2.45, 2.75) is 26.8 Å². The van der Waals surface area contributed by atoms with Crippen LogP contribution in [0.5, 0.6) is 17.4 Å². The lowest BCUT2D eigenvalue weighted by Crippen LogP contribution is -2.27. The van der Waals surface area contributed by atoms with Gasteiger partial charge in [0.15, 0.2) is 17.3 Å². The first-order valence-electron chi connectivity index (χ1n) is 10.9. The molecule has 4 aromatic rings. The lowest BCUT2D eigenvalue weighted by Gasteiger charge is -2.16. The summed E-state index contributed by atoms with van der Waals surface area (Å²) < 4.78 is 17.4. The van der Waals surface area contributed by atoms with Gasteiger partial charge < -0.3 is 19.0 Å². The second-order valence-electron chi connectivity index (χ2n) is 8.09. The molecule has 178 valence electrons. The fraction of sp³-hybridized carbons (Fsp3) is 0.222. The summed E-state index contributed by atoms with van der Waals surface area (Å²) in [6.45, 7) is 3.27. The summed E-state index contributed by atoms with van der Waals surface area (Å²) in [4.78, 5) is 26.5. The number of rotatable bonds is 7. The Morgan fingerprint density at radius 3 is 2.46 bits per heavy atom. The maximum absolute atomic E-state index is 13.5. The average Bonchev–Trinajstić information content (AvgIpc) is 3.20. The summed E-state index contributed by atoms with van der Waals surface area (Å²) in [5.41, 5.74) is 1.08. The first kappa shape index (κ1) is 23.6. The SMILES string of the molecule is COc1ccc(CCn2c(O)c(C(=O)c3oc4ccccc4c3C)c(C)c(C#N)c2=O)cc1OC. The van der Waals surface area contributed by atoms with E-state index in [9.17, 15) is 20.0 Å². The van der Waals surface area contributed by atoms with E-state index in [1.54, 1.807) is 31.2 Å². The largest absolute Gasteiger partial charge is 0.494 e. The van der Waals surface area contributed by atoms with Crippen LogP contribution >= 0.6 is 0 Å². The minimum absolute atomic E-state index is 0.0362. The molecule has 2 aromatic carbocycles. The van der Waals surface area contributed by atoms with E-state index >= 15 is 0 Å². The summed E-state index contributed by atoms with van der Waals surface area (Å²) in [6.07, 6.45) is 0.332. The zero-order chi connectivity index (χ0) is 25.3. The predicted molar refractivity (Wildman–Crippen MR) is 129 cm³/mol. The first-order chi connectivity index (χ1) is 16.8. The fourth-order valence-corrected chi connectivity index (χ4v) is 4.21. The van der Waals surface area contributed by atoms with Crippen LogP contribution < -0.4 is 15.0 Å². The molecule has 35 heavy (non-hydrogen) atoms. The topological polar surface area (TPSA) is 115 Å². The van der Waals surface area contributed by atoms with Crippen LogP contribution in [-0.2, 0) is 13.0 Å². The van der Waals surface area contributed by atoms with Gasteiger partial charge in [-0.05, 0) is 49.6 Å². The molecule has 8 heteroatoms. The number of benzene rings is 2. The number of ether oxygens (including phenoxy) is 2. The van der Waals surface area contributed by atoms with Gasteiger partial charge in [0.2, 0.25) is 11.7 Å². The van der Waals surface area contributed by atoms with Crippen LogP contribution in [-0.4, -0.2) is 29.7 Å². The molecule has 0 unspecified atom stereocenters. The molecule has 0 aliphatic rings. The second-order valence-corrected chi connectivity index (χ2v) is 8.09. The third-order valence-electron chi connectivity index (χ3n) is 6.15. The molecule has 2 aromatic heterocycles. The van der Waals surface area contributed by atoms with E-state index in [1.807, 2.05) is 24.3 Å². The van der Waals surface area contributed by atoms with Crippen molar-refractivity contribution in [1.82, 2.24) is 4.57 Å². The molecule has 0 saturated carbocycles. The highest BCUT2D eigenvalue weighted by Crippen LogP contribution is 2.32. The molecule has 0 atom stereocenters. The van der Waals surface area contributed by atoms with Crippen LogP contribution in [0.1, 0.15) is 38.4 Å². The fourth-order valence-electron chi connectivity index (χ4n) is 4.21. The Kier molecular flexibility index (Phi) is 6.34. The predicted octanol–water partition coefficient (Wildman–Crippen LogP) is 4.28. The Bertz CT molecular complexity index is 1550. The van der Waals surface area contributed by atoms with E-state index in [2.05, 4.69) is 0 Å². The Morgan fingerprint density at radius 1 is 1.09 bits per heavy atom. The third-order valence-corrected chi connectivity index (χ3v) is 6.15. The molecule has 0 amide bonds. The number of para-hydroxylation sites is 1. The molecule has 0 aliphatic carbocycles. The standard InChI is InChI=1S/C27H24N2O6/c1-15-19(14-28)26(31)29(12-11-17-9-10-21(33-3)22(13-17)34-4)27(32)23(15)24(30)25-16(2)18-7-5-6-8-20(18)35-25/h5-10,13,32H,11-12H2,1-4H3. The maximum Gasteiger partial charge on any atom is 0.271 e. The number of hydrogen-bond donors (Lipinski definition) is 1. The highest BCUT2D eigenvalue weighted by Gasteiger charge is 2.28. The molecule has 8 nitrogen and oxygen atoms in total. The van der Waals surface area contributed by atoms with Gasteiger partial charge in [-0.25, -0.2) is 0 Å². The van der Waals surface area contributed by atoms with Gasteiger partial charge in [0.05, 0.1) is 19.8 Å². The second kappa shape index (κ2) is 9.39. The minimum Gasteiger partial charge on any atom is -0.494 e. The van der Waals surface area contributed by atoms with Crippen molar-refractivity contribution < 1.29 is 23.8 Å². The Morgan fingerprint density at radius 2 is 1.80 bits per heavy atom. The van der Waals surface area contributed by atoms with E-state index in [0.29, 0.717) is 29.1 Å². The van der Waals surface area contributed by atoms with Gasteiger partial charge in [0.1, 0.15) is 17.2 Å². The lowest BCUT2D eigenvalue weighted by atomic mass is 9.98. The van der Waals surface area contributed by atoms with Crippen molar-refractivity contribution in [3.05, 3.63) is 86.4 Å². The third kappa shape index (κ3) is 4.02. The molecular formula is C27H24N2O6. The van der Waals surface area contributed by atoms with Gasteiger partial charge >= 0.3 is 0 Å². The highest BCUT2D eigenvalue weighted by atomic mass is 16.5. The van der Waals surface area contributed by atoms with Crippen LogP contribution in [0.2, 0.25) is 0 Å². The number of nitriles is 1. The van der Waals surface area contributed by atoms with Crippen LogP contribution in [0.25, 0.3) is 11.0 Å². The number of furan rings is 1. The number of aromatic nitrogens is 1. The van der Waals surface area contributed by atoms with Gasteiger partial charge in [-0.3, -0.25) is 14.2 Å². The van der Waals surface area contributed by atoms with Crippen LogP contribution in [0.3, 0.4) is 0 Å². The van der Waals surface area contributed by atoms with Gasteiger partial charge in [0.25, 0.3) is 5.56 Å². The Labute approximate surface area is 201 Å². The number of ketones is 1. The summed E-state index contributed by atoms with van der Waals surface area (Å²) in [5.74, 6) is 0.0485. The number of carbonyl (C=O) groups excluding carboxylic acids is 1. The van der Waals surface area contributed by atoms with Crippen LogP contribution in [0.15, 0.2) is 51.7 Å². The van der Waals surface area contributed by atoms with E-state index in [4.69, 9.17) is 13.9 Å². The number of aryl methyl sites for hydroxylation is 2. The smallest absolute Gasteiger partial charge is 0.271 e. The average molecular weight is 472 g/mol. The Balaban J connectivity index is 1.79. The molecule has 4 rings (SSSR count). The van der Waals surface area contributed by atoms with Crippen molar-refractivity contribution in [2.75, 3.05) is 14.2 Å². The number of nitrogens with zero attached hydrogens (tertiary/aromatic N) is 2. The minimum atomic E-state index is -0.666. The summed E-state index contributed by atoms with van der Waals surface area (Å²) in [7, 11) is 3.06. The normalized spacial score (nSPS) is 10.8. The zero-order valence-corrected chi connectivity index (χ0v) is 19.8. The van der Waals surface area contributed by atoms with E-state index in [-0.39, 0.29) is 29.0 Å². The van der Waals surface area contributed by atoms with Gasteiger partial charge in [0, 0.05) is 17.5 Å². The molecule has 0 saturated heterocycles. The molecule has 1 N–H and O–H groups in total. The summed E-state index contributed by atoms with van der Waals surface area (Å²) in [6, 6.07) is 14.4. The molecule has 0 bridgehead atoms. The number of methoxy groups -OCH3 is 2. The van der Waals surface area contributed by atoms with E-state index in [1.165, 1.54) is 21.1 Å². The number of hydrogen-bond acceptors (Lipinski definition) is 7. The van der Waals surface area contributed by atoms with Gasteiger partial charge in [-0.1, -0.05) is 24.3 Å². The first-order valence-corrected chi connectivity index (χ1v) is 10.9. The quantitative estimate of drug-likeness (QED) is 0.399. The monoisotopic (exact) mass is 472 g/mol. The summed E-state index contributed by atoms with van der Waals surface area (Å²) in [5, 5.41) is 21.5. The van der Waals surface area contributed by atoms with Gasteiger partial charge in [-0.15, -0.1) is 0 Å². The van der Waals surface area contributed by atoms with E-state index < -0.39 is 17.2 Å². The molecule has 0 spiro atoms.